The fourth-order valence-electron chi connectivity index (χ4n) is 2.23. The van der Waals surface area contributed by atoms with Crippen molar-refractivity contribution in [3.63, 3.8) is 0 Å². The molecule has 24 heavy (non-hydrogen) atoms. The molecule has 0 unspecified atom stereocenters. The van der Waals surface area contributed by atoms with Crippen molar-refractivity contribution in [3.05, 3.63) is 47.4 Å². The fourth-order valence-corrected chi connectivity index (χ4v) is 3.58. The van der Waals surface area contributed by atoms with Crippen molar-refractivity contribution in [3.8, 4) is 11.5 Å². The van der Waals surface area contributed by atoms with Gasteiger partial charge in [-0.05, 0) is 38.1 Å². The Morgan fingerprint density at radius 3 is 2.50 bits per heavy atom. The summed E-state index contributed by atoms with van der Waals surface area (Å²) < 4.78 is 13.2. The predicted molar refractivity (Wildman–Crippen MR) is 102 cm³/mol. The zero-order valence-electron chi connectivity index (χ0n) is 13.6. The highest BCUT2D eigenvalue weighted by Gasteiger charge is 2.02. The minimum absolute atomic E-state index is 0.691. The molecule has 4 rings (SSSR count). The van der Waals surface area contributed by atoms with E-state index in [1.807, 2.05) is 55.2 Å². The normalized spacial score (nSPS) is 10.4. The van der Waals surface area contributed by atoms with E-state index < -0.39 is 0 Å². The molecule has 0 fully saturated rings. The van der Waals surface area contributed by atoms with Crippen LogP contribution < -0.4 is 9.47 Å². The monoisotopic (exact) mass is 358 g/mol. The Kier molecular flexibility index (Phi) is 5.61. The van der Waals surface area contributed by atoms with E-state index in [0.717, 1.165) is 22.5 Å². The van der Waals surface area contributed by atoms with Crippen LogP contribution in [0.25, 0.3) is 20.4 Å². The van der Waals surface area contributed by atoms with Crippen LogP contribution in [0.15, 0.2) is 47.4 Å². The lowest BCUT2D eigenvalue weighted by atomic mass is 10.3. The van der Waals surface area contributed by atoms with Crippen molar-refractivity contribution in [2.24, 2.45) is 0 Å². The Morgan fingerprint density at radius 2 is 1.67 bits per heavy atom. The van der Waals surface area contributed by atoms with E-state index in [9.17, 15) is 0 Å². The van der Waals surface area contributed by atoms with Gasteiger partial charge in [0.25, 0.3) is 0 Å². The second-order valence-electron chi connectivity index (χ2n) is 4.80. The molecule has 0 atom stereocenters. The van der Waals surface area contributed by atoms with Crippen molar-refractivity contribution in [2.45, 2.75) is 13.8 Å². The number of nitrogens with zero attached hydrogens (tertiary/aromatic N) is 2. The number of thiazole rings is 2. The number of hydrogen-bond donors (Lipinski definition) is 0. The smallest absolute Gasteiger partial charge is 0.146 e. The van der Waals surface area contributed by atoms with Gasteiger partial charge in [0, 0.05) is 6.07 Å². The van der Waals surface area contributed by atoms with E-state index in [1.54, 1.807) is 22.7 Å². The molecule has 0 bridgehead atoms. The summed E-state index contributed by atoms with van der Waals surface area (Å²) in [4.78, 5) is 8.43. The van der Waals surface area contributed by atoms with Crippen LogP contribution in [0, 0.1) is 0 Å². The van der Waals surface area contributed by atoms with Gasteiger partial charge in [-0.1, -0.05) is 6.07 Å². The average Bonchev–Trinajstić information content (AvgIpc) is 3.25. The number of rotatable bonds is 4. The Balaban J connectivity index is 0.000000141. The highest BCUT2D eigenvalue weighted by molar-refractivity contribution is 7.17. The standard InChI is InChI=1S/2C9H9NOS/c1-2-11-7-3-4-9-8(5-7)10-6-12-9;1-2-11-7-4-3-5-8-9(7)10-6-12-8/h2*3-6H,2H2,1H3. The van der Waals surface area contributed by atoms with Gasteiger partial charge in [0.15, 0.2) is 0 Å². The van der Waals surface area contributed by atoms with Crippen LogP contribution in [0.5, 0.6) is 11.5 Å². The molecule has 4 nitrogen and oxygen atoms in total. The summed E-state index contributed by atoms with van der Waals surface area (Å²) in [5, 5.41) is 0. The van der Waals surface area contributed by atoms with Gasteiger partial charge in [-0.15, -0.1) is 22.7 Å². The minimum Gasteiger partial charge on any atom is -0.494 e. The fraction of sp³-hybridized carbons (Fsp3) is 0.222. The van der Waals surface area contributed by atoms with Gasteiger partial charge < -0.3 is 9.47 Å². The topological polar surface area (TPSA) is 44.2 Å². The summed E-state index contributed by atoms with van der Waals surface area (Å²) in [7, 11) is 0. The van der Waals surface area contributed by atoms with Crippen LogP contribution in [0.3, 0.4) is 0 Å². The van der Waals surface area contributed by atoms with Gasteiger partial charge in [-0.25, -0.2) is 9.97 Å². The second-order valence-corrected chi connectivity index (χ2v) is 6.58. The Morgan fingerprint density at radius 1 is 0.875 bits per heavy atom. The lowest BCUT2D eigenvalue weighted by molar-refractivity contribution is 0.340. The number of para-hydroxylation sites is 1. The highest BCUT2D eigenvalue weighted by atomic mass is 32.1. The maximum atomic E-state index is 5.42. The predicted octanol–water partition coefficient (Wildman–Crippen LogP) is 5.39. The van der Waals surface area contributed by atoms with E-state index in [0.29, 0.717) is 13.2 Å². The van der Waals surface area contributed by atoms with Crippen molar-refractivity contribution in [1.82, 2.24) is 9.97 Å². The third kappa shape index (κ3) is 3.83. The molecule has 0 spiro atoms. The Labute approximate surface area is 148 Å². The molecule has 0 aliphatic carbocycles. The van der Waals surface area contributed by atoms with Gasteiger partial charge in [0.05, 0.1) is 39.2 Å². The first-order chi connectivity index (χ1) is 11.8. The molecule has 0 amide bonds. The van der Waals surface area contributed by atoms with Crippen LogP contribution in [0.1, 0.15) is 13.8 Å². The molecular weight excluding hydrogens is 340 g/mol. The van der Waals surface area contributed by atoms with Crippen molar-refractivity contribution in [2.75, 3.05) is 13.2 Å². The first kappa shape index (κ1) is 16.7. The van der Waals surface area contributed by atoms with E-state index >= 15 is 0 Å². The lowest BCUT2D eigenvalue weighted by Crippen LogP contribution is -1.91. The van der Waals surface area contributed by atoms with Gasteiger partial charge in [-0.2, -0.15) is 0 Å². The minimum atomic E-state index is 0.691. The van der Waals surface area contributed by atoms with Crippen molar-refractivity contribution < 1.29 is 9.47 Å². The zero-order chi connectivity index (χ0) is 16.8. The van der Waals surface area contributed by atoms with Crippen LogP contribution in [0.4, 0.5) is 0 Å². The van der Waals surface area contributed by atoms with Crippen LogP contribution >= 0.6 is 22.7 Å². The van der Waals surface area contributed by atoms with Gasteiger partial charge in [0.1, 0.15) is 17.0 Å². The molecule has 2 aromatic carbocycles. The Bertz CT molecular complexity index is 917. The number of ether oxygens (including phenoxy) is 2. The van der Waals surface area contributed by atoms with Gasteiger partial charge >= 0.3 is 0 Å². The third-order valence-electron chi connectivity index (χ3n) is 3.24. The summed E-state index contributed by atoms with van der Waals surface area (Å²) in [6.07, 6.45) is 0. The molecule has 0 aliphatic rings. The molecule has 0 N–H and O–H groups in total. The largest absolute Gasteiger partial charge is 0.494 e. The molecule has 124 valence electrons. The maximum Gasteiger partial charge on any atom is 0.146 e. The van der Waals surface area contributed by atoms with Gasteiger partial charge in [-0.3, -0.25) is 0 Å². The summed E-state index contributed by atoms with van der Waals surface area (Å²) in [6, 6.07) is 12.0. The summed E-state index contributed by atoms with van der Waals surface area (Å²) >= 11 is 3.28. The number of aromatic nitrogens is 2. The molecule has 4 aromatic rings. The summed E-state index contributed by atoms with van der Waals surface area (Å²) in [5.74, 6) is 1.78. The molecule has 0 aliphatic heterocycles. The Hall–Kier alpha value is -2.18. The molecular formula is C18H18N2O2S2. The van der Waals surface area contributed by atoms with Crippen molar-refractivity contribution in [1.29, 1.82) is 0 Å². The van der Waals surface area contributed by atoms with E-state index in [2.05, 4.69) is 16.0 Å². The van der Waals surface area contributed by atoms with Crippen LogP contribution in [0.2, 0.25) is 0 Å². The summed E-state index contributed by atoms with van der Waals surface area (Å²) in [5.41, 5.74) is 5.68. The van der Waals surface area contributed by atoms with E-state index in [1.165, 1.54) is 9.40 Å². The summed E-state index contributed by atoms with van der Waals surface area (Å²) in [6.45, 7) is 5.35. The number of benzene rings is 2. The first-order valence-electron chi connectivity index (χ1n) is 7.73. The van der Waals surface area contributed by atoms with Crippen LogP contribution in [-0.4, -0.2) is 23.2 Å². The molecule has 0 saturated carbocycles. The number of fused-ring (bicyclic) bond motifs is 2. The zero-order valence-corrected chi connectivity index (χ0v) is 15.2. The second kappa shape index (κ2) is 8.08. The molecule has 2 aromatic heterocycles. The van der Waals surface area contributed by atoms with Crippen LogP contribution in [-0.2, 0) is 0 Å². The molecule has 0 saturated heterocycles. The molecule has 2 heterocycles. The third-order valence-corrected chi connectivity index (χ3v) is 4.84. The first-order valence-corrected chi connectivity index (χ1v) is 9.48. The van der Waals surface area contributed by atoms with E-state index in [-0.39, 0.29) is 0 Å². The SMILES string of the molecule is CCOc1ccc2scnc2c1.CCOc1cccc2scnc12. The lowest BCUT2D eigenvalue weighted by Gasteiger charge is -2.01. The molecule has 6 heteroatoms. The highest BCUT2D eigenvalue weighted by Crippen LogP contribution is 2.26. The quantitative estimate of drug-likeness (QED) is 0.490. The van der Waals surface area contributed by atoms with E-state index in [4.69, 9.17) is 9.47 Å². The average molecular weight is 358 g/mol. The molecule has 0 radical (unpaired) electrons. The van der Waals surface area contributed by atoms with Crippen molar-refractivity contribution >= 4 is 43.1 Å². The van der Waals surface area contributed by atoms with Gasteiger partial charge in [0.2, 0.25) is 0 Å². The maximum absolute atomic E-state index is 5.42. The number of hydrogen-bond acceptors (Lipinski definition) is 6.